The van der Waals surface area contributed by atoms with E-state index in [-0.39, 0.29) is 5.92 Å². The molecule has 112 valence electrons. The van der Waals surface area contributed by atoms with Crippen LogP contribution in [0.1, 0.15) is 77.2 Å². The molecular weight excluding hydrogens is 244 g/mol. The third-order valence-corrected chi connectivity index (χ3v) is 4.25. The normalized spacial score (nSPS) is 13.9. The van der Waals surface area contributed by atoms with Crippen molar-refractivity contribution in [1.82, 2.24) is 0 Å². The van der Waals surface area contributed by atoms with Crippen molar-refractivity contribution in [2.24, 2.45) is 5.92 Å². The predicted octanol–water partition coefficient (Wildman–Crippen LogP) is 5.75. The van der Waals surface area contributed by atoms with Gasteiger partial charge in [-0.25, -0.2) is 0 Å². The number of hydrogen-bond acceptors (Lipinski definition) is 1. The Labute approximate surface area is 124 Å². The predicted molar refractivity (Wildman–Crippen MR) is 87.0 cm³/mol. The van der Waals surface area contributed by atoms with Gasteiger partial charge < -0.3 is 0 Å². The number of carbonyl (C=O) groups is 1. The zero-order valence-electron chi connectivity index (χ0n) is 13.4. The summed E-state index contributed by atoms with van der Waals surface area (Å²) >= 11 is 0. The average Bonchev–Trinajstić information content (AvgIpc) is 2.48. The molecule has 0 saturated heterocycles. The molecule has 2 atom stereocenters. The number of ketones is 1. The Hall–Kier alpha value is -1.11. The summed E-state index contributed by atoms with van der Waals surface area (Å²) in [5, 5.41) is 0. The number of benzene rings is 1. The van der Waals surface area contributed by atoms with Gasteiger partial charge in [-0.3, -0.25) is 4.79 Å². The van der Waals surface area contributed by atoms with Crippen molar-refractivity contribution in [3.8, 4) is 0 Å². The Morgan fingerprint density at radius 2 is 1.65 bits per heavy atom. The van der Waals surface area contributed by atoms with Crippen molar-refractivity contribution in [1.29, 1.82) is 0 Å². The summed E-state index contributed by atoms with van der Waals surface area (Å²) in [6, 6.07) is 10.3. The molecule has 0 N–H and O–H groups in total. The van der Waals surface area contributed by atoms with Crippen LogP contribution in [-0.4, -0.2) is 5.78 Å². The van der Waals surface area contributed by atoms with Crippen molar-refractivity contribution in [2.45, 2.75) is 71.6 Å². The molecule has 1 heteroatoms. The van der Waals surface area contributed by atoms with E-state index in [1.165, 1.54) is 31.2 Å². The fourth-order valence-corrected chi connectivity index (χ4v) is 2.79. The van der Waals surface area contributed by atoms with E-state index in [0.29, 0.717) is 11.7 Å². The standard InChI is InChI=1S/C19H30O/c1-4-6-7-8-12-15-18(20)19(16(3)5-2)17-13-10-9-11-14-17/h9-11,13-14,16,19H,4-8,12,15H2,1-3H3. The molecule has 1 aromatic carbocycles. The fourth-order valence-electron chi connectivity index (χ4n) is 2.79. The number of hydrogen-bond donors (Lipinski definition) is 0. The van der Waals surface area contributed by atoms with E-state index in [4.69, 9.17) is 0 Å². The summed E-state index contributed by atoms with van der Waals surface area (Å²) < 4.78 is 0. The summed E-state index contributed by atoms with van der Waals surface area (Å²) in [4.78, 5) is 12.6. The highest BCUT2D eigenvalue weighted by Gasteiger charge is 2.24. The minimum atomic E-state index is 0.0902. The van der Waals surface area contributed by atoms with Crippen LogP contribution in [0.4, 0.5) is 0 Å². The Morgan fingerprint density at radius 1 is 1.00 bits per heavy atom. The van der Waals surface area contributed by atoms with E-state index < -0.39 is 0 Å². The molecule has 1 rings (SSSR count). The number of carbonyl (C=O) groups excluding carboxylic acids is 1. The highest BCUT2D eigenvalue weighted by molar-refractivity contribution is 5.86. The summed E-state index contributed by atoms with van der Waals surface area (Å²) in [6.45, 7) is 6.60. The fraction of sp³-hybridized carbons (Fsp3) is 0.632. The van der Waals surface area contributed by atoms with Gasteiger partial charge in [0.1, 0.15) is 5.78 Å². The van der Waals surface area contributed by atoms with E-state index in [9.17, 15) is 4.79 Å². The Balaban J connectivity index is 2.58. The van der Waals surface area contributed by atoms with E-state index in [2.05, 4.69) is 32.9 Å². The molecule has 20 heavy (non-hydrogen) atoms. The third kappa shape index (κ3) is 5.48. The SMILES string of the molecule is CCCCCCCC(=O)C(c1ccccc1)C(C)CC. The van der Waals surface area contributed by atoms with Gasteiger partial charge in [-0.05, 0) is 17.9 Å². The average molecular weight is 274 g/mol. The summed E-state index contributed by atoms with van der Waals surface area (Å²) in [5.74, 6) is 0.954. The van der Waals surface area contributed by atoms with E-state index in [1.54, 1.807) is 0 Å². The lowest BCUT2D eigenvalue weighted by molar-refractivity contribution is -0.121. The van der Waals surface area contributed by atoms with Crippen LogP contribution in [0, 0.1) is 5.92 Å². The van der Waals surface area contributed by atoms with Crippen molar-refractivity contribution in [3.63, 3.8) is 0 Å². The van der Waals surface area contributed by atoms with Gasteiger partial charge in [0.15, 0.2) is 0 Å². The molecule has 0 heterocycles. The molecule has 0 aromatic heterocycles. The van der Waals surface area contributed by atoms with Crippen molar-refractivity contribution < 1.29 is 4.79 Å². The van der Waals surface area contributed by atoms with E-state index >= 15 is 0 Å². The van der Waals surface area contributed by atoms with Crippen molar-refractivity contribution in [3.05, 3.63) is 35.9 Å². The highest BCUT2D eigenvalue weighted by atomic mass is 16.1. The second-order valence-corrected chi connectivity index (χ2v) is 5.90. The maximum absolute atomic E-state index is 12.6. The van der Waals surface area contributed by atoms with E-state index in [0.717, 1.165) is 19.3 Å². The van der Waals surface area contributed by atoms with Crippen LogP contribution in [0.3, 0.4) is 0 Å². The first-order valence-electron chi connectivity index (χ1n) is 8.28. The lowest BCUT2D eigenvalue weighted by Gasteiger charge is -2.22. The van der Waals surface area contributed by atoms with Gasteiger partial charge >= 0.3 is 0 Å². The first-order valence-corrected chi connectivity index (χ1v) is 8.28. The highest BCUT2D eigenvalue weighted by Crippen LogP contribution is 2.29. The second-order valence-electron chi connectivity index (χ2n) is 5.90. The summed E-state index contributed by atoms with van der Waals surface area (Å²) in [7, 11) is 0. The molecule has 0 amide bonds. The monoisotopic (exact) mass is 274 g/mol. The summed E-state index contributed by atoms with van der Waals surface area (Å²) in [6.07, 6.45) is 7.87. The van der Waals surface area contributed by atoms with Gasteiger partial charge in [0, 0.05) is 12.3 Å². The molecule has 0 spiro atoms. The smallest absolute Gasteiger partial charge is 0.140 e. The summed E-state index contributed by atoms with van der Waals surface area (Å²) in [5.41, 5.74) is 1.19. The maximum Gasteiger partial charge on any atom is 0.140 e. The zero-order chi connectivity index (χ0) is 14.8. The van der Waals surface area contributed by atoms with Crippen LogP contribution in [0.5, 0.6) is 0 Å². The van der Waals surface area contributed by atoms with Gasteiger partial charge in [0.05, 0.1) is 0 Å². The quantitative estimate of drug-likeness (QED) is 0.497. The molecule has 0 aliphatic heterocycles. The first-order chi connectivity index (χ1) is 9.70. The molecule has 0 aliphatic rings. The Morgan fingerprint density at radius 3 is 2.25 bits per heavy atom. The van der Waals surface area contributed by atoms with Gasteiger partial charge in [-0.15, -0.1) is 0 Å². The molecule has 1 nitrogen and oxygen atoms in total. The topological polar surface area (TPSA) is 17.1 Å². The lowest BCUT2D eigenvalue weighted by Crippen LogP contribution is -2.19. The molecule has 0 fully saturated rings. The van der Waals surface area contributed by atoms with Crippen LogP contribution in [-0.2, 0) is 4.79 Å². The molecule has 1 aromatic rings. The van der Waals surface area contributed by atoms with Crippen LogP contribution >= 0.6 is 0 Å². The van der Waals surface area contributed by atoms with Crippen LogP contribution in [0.15, 0.2) is 30.3 Å². The molecule has 2 unspecified atom stereocenters. The Kier molecular flexibility index (Phi) is 8.25. The largest absolute Gasteiger partial charge is 0.299 e. The second kappa shape index (κ2) is 9.74. The van der Waals surface area contributed by atoms with Crippen molar-refractivity contribution in [2.75, 3.05) is 0 Å². The van der Waals surface area contributed by atoms with Gasteiger partial charge in [-0.2, -0.15) is 0 Å². The molecular formula is C19H30O. The minimum absolute atomic E-state index is 0.0902. The first kappa shape index (κ1) is 16.9. The molecule has 0 radical (unpaired) electrons. The molecule has 0 saturated carbocycles. The lowest BCUT2D eigenvalue weighted by atomic mass is 9.81. The Bertz CT molecular complexity index is 369. The van der Waals surface area contributed by atoms with Gasteiger partial charge in [-0.1, -0.05) is 83.2 Å². The maximum atomic E-state index is 12.6. The van der Waals surface area contributed by atoms with Crippen LogP contribution in [0.25, 0.3) is 0 Å². The number of unbranched alkanes of at least 4 members (excludes halogenated alkanes) is 4. The number of Topliss-reactive ketones (excluding diaryl/α,β-unsaturated/α-hetero) is 1. The molecule has 0 bridgehead atoms. The third-order valence-electron chi connectivity index (χ3n) is 4.25. The van der Waals surface area contributed by atoms with Crippen LogP contribution < -0.4 is 0 Å². The van der Waals surface area contributed by atoms with Gasteiger partial charge in [0.25, 0.3) is 0 Å². The van der Waals surface area contributed by atoms with Gasteiger partial charge in [0.2, 0.25) is 0 Å². The minimum Gasteiger partial charge on any atom is -0.299 e. The van der Waals surface area contributed by atoms with E-state index in [1.807, 2.05) is 18.2 Å². The molecule has 0 aliphatic carbocycles. The number of rotatable bonds is 10. The zero-order valence-corrected chi connectivity index (χ0v) is 13.4. The van der Waals surface area contributed by atoms with Crippen LogP contribution in [0.2, 0.25) is 0 Å². The van der Waals surface area contributed by atoms with Crippen molar-refractivity contribution >= 4 is 5.78 Å².